The van der Waals surface area contributed by atoms with E-state index in [1.807, 2.05) is 30.9 Å². The lowest BCUT2D eigenvalue weighted by Crippen LogP contribution is -2.62. The van der Waals surface area contributed by atoms with Crippen molar-refractivity contribution >= 4 is 17.9 Å². The van der Waals surface area contributed by atoms with Crippen molar-refractivity contribution < 1.29 is 22.8 Å². The van der Waals surface area contributed by atoms with Crippen LogP contribution in [0.4, 0.5) is 23.9 Å². The minimum absolute atomic E-state index is 0.0664. The first-order valence-corrected chi connectivity index (χ1v) is 12.4. The summed E-state index contributed by atoms with van der Waals surface area (Å²) in [4.78, 5) is 38.1. The third kappa shape index (κ3) is 6.48. The van der Waals surface area contributed by atoms with Crippen LogP contribution >= 0.6 is 0 Å². The molecule has 37 heavy (non-hydrogen) atoms. The van der Waals surface area contributed by atoms with Crippen LogP contribution in [0, 0.1) is 0 Å². The van der Waals surface area contributed by atoms with E-state index in [9.17, 15) is 22.8 Å². The van der Waals surface area contributed by atoms with Gasteiger partial charge >= 0.3 is 12.2 Å². The molecular weight excluding hydrogens is 487 g/mol. The summed E-state index contributed by atoms with van der Waals surface area (Å²) in [5.74, 6) is -0.218. The van der Waals surface area contributed by atoms with Crippen LogP contribution in [0.3, 0.4) is 0 Å². The van der Waals surface area contributed by atoms with E-state index in [0.717, 1.165) is 50.4 Å². The molecule has 1 aromatic carbocycles. The number of carbonyl (C=O) groups excluding carboxylic acids is 2. The van der Waals surface area contributed by atoms with Gasteiger partial charge in [-0.1, -0.05) is 12.1 Å². The van der Waals surface area contributed by atoms with Crippen molar-refractivity contribution in [1.29, 1.82) is 0 Å². The lowest BCUT2D eigenvalue weighted by atomic mass is 10.0. The molecule has 0 spiro atoms. The molecule has 0 saturated carbocycles. The van der Waals surface area contributed by atoms with E-state index in [4.69, 9.17) is 5.73 Å². The van der Waals surface area contributed by atoms with Crippen molar-refractivity contribution in [1.82, 2.24) is 25.1 Å². The number of amides is 3. The number of nitrogens with zero attached hydrogens (tertiary/aromatic N) is 5. The number of hydrogen-bond donors (Lipinski definition) is 2. The monoisotopic (exact) mass is 519 g/mol. The van der Waals surface area contributed by atoms with Crippen LogP contribution < -0.4 is 16.0 Å². The van der Waals surface area contributed by atoms with Gasteiger partial charge in [0.25, 0.3) is 0 Å². The molecule has 200 valence electrons. The lowest BCUT2D eigenvalue weighted by molar-refractivity contribution is -0.138. The Morgan fingerprint density at radius 1 is 1.03 bits per heavy atom. The van der Waals surface area contributed by atoms with Gasteiger partial charge in [0.2, 0.25) is 11.9 Å². The van der Waals surface area contributed by atoms with Crippen molar-refractivity contribution in [3.8, 4) is 0 Å². The van der Waals surface area contributed by atoms with Crippen molar-refractivity contribution in [3.63, 3.8) is 0 Å². The highest BCUT2D eigenvalue weighted by Gasteiger charge is 2.36. The van der Waals surface area contributed by atoms with Crippen LogP contribution in [-0.4, -0.2) is 76.0 Å². The Kier molecular flexibility index (Phi) is 7.86. The predicted octanol–water partition coefficient (Wildman–Crippen LogP) is 2.87. The number of rotatable bonds is 5. The summed E-state index contributed by atoms with van der Waals surface area (Å²) in [6, 6.07) is 6.88. The van der Waals surface area contributed by atoms with Crippen molar-refractivity contribution in [3.05, 3.63) is 53.3 Å². The fraction of sp³-hybridized carbons (Fsp3) is 0.520. The maximum Gasteiger partial charge on any atom is 0.419 e. The number of likely N-dealkylation sites (tertiary alicyclic amines) is 1. The van der Waals surface area contributed by atoms with E-state index in [1.165, 1.54) is 0 Å². The number of nitrogens with two attached hydrogens (primary N) is 1. The highest BCUT2D eigenvalue weighted by atomic mass is 19.4. The van der Waals surface area contributed by atoms with E-state index in [2.05, 4.69) is 20.2 Å². The molecule has 1 aromatic heterocycles. The zero-order chi connectivity index (χ0) is 26.7. The van der Waals surface area contributed by atoms with E-state index in [0.29, 0.717) is 18.7 Å². The lowest BCUT2D eigenvalue weighted by Gasteiger charge is -2.45. The Balaban J connectivity index is 1.26. The third-order valence-corrected chi connectivity index (χ3v) is 6.96. The molecular formula is C25H32F3N7O2. The summed E-state index contributed by atoms with van der Waals surface area (Å²) in [5.41, 5.74) is 6.00. The number of benzene rings is 1. The van der Waals surface area contributed by atoms with Gasteiger partial charge in [0.05, 0.1) is 5.56 Å². The molecule has 2 aromatic rings. The molecule has 2 aliphatic heterocycles. The quantitative estimate of drug-likeness (QED) is 0.629. The standard InChI is InChI=1S/C25H32F3N7O2/c1-16-13-34(23-30-11-20(12-31-23)25(26,27)28)14-17(2)35(16)24(37)32-21-7-9-33(10-8-21)15-18-3-5-19(6-4-18)22(29)36/h3-6,11-12,16-17,21H,7-10,13-15H2,1-2H3,(H2,29,36)(H,32,37)/t16-,17-/m1/s1. The summed E-state index contributed by atoms with van der Waals surface area (Å²) in [7, 11) is 0. The Hall–Kier alpha value is -3.41. The van der Waals surface area contributed by atoms with E-state index < -0.39 is 17.6 Å². The summed E-state index contributed by atoms with van der Waals surface area (Å²) in [5, 5.41) is 3.17. The number of primary amides is 1. The predicted molar refractivity (Wildman–Crippen MR) is 132 cm³/mol. The van der Waals surface area contributed by atoms with Crippen LogP contribution in [0.15, 0.2) is 36.7 Å². The van der Waals surface area contributed by atoms with Crippen molar-refractivity contribution in [2.24, 2.45) is 5.73 Å². The molecule has 4 rings (SSSR count). The normalized spacial score (nSPS) is 21.6. The first-order chi connectivity index (χ1) is 17.5. The number of aromatic nitrogens is 2. The molecule has 0 aliphatic carbocycles. The topological polar surface area (TPSA) is 108 Å². The number of hydrogen-bond acceptors (Lipinski definition) is 6. The number of piperidine rings is 1. The molecule has 0 radical (unpaired) electrons. The van der Waals surface area contributed by atoms with Crippen LogP contribution in [0.1, 0.15) is 48.2 Å². The van der Waals surface area contributed by atoms with Gasteiger partial charge in [-0.15, -0.1) is 0 Å². The Morgan fingerprint density at radius 2 is 1.59 bits per heavy atom. The summed E-state index contributed by atoms with van der Waals surface area (Å²) in [6.45, 7) is 7.13. The molecule has 0 unspecified atom stereocenters. The van der Waals surface area contributed by atoms with Gasteiger partial charge in [0, 0.05) is 68.8 Å². The molecule has 2 atom stereocenters. The third-order valence-electron chi connectivity index (χ3n) is 6.96. The zero-order valence-electron chi connectivity index (χ0n) is 20.9. The number of urea groups is 1. The zero-order valence-corrected chi connectivity index (χ0v) is 20.9. The molecule has 2 saturated heterocycles. The number of nitrogens with one attached hydrogen (secondary N) is 1. The molecule has 3 amide bonds. The van der Waals surface area contributed by atoms with E-state index in [-0.39, 0.29) is 30.1 Å². The van der Waals surface area contributed by atoms with Gasteiger partial charge in [-0.05, 0) is 44.4 Å². The first-order valence-electron chi connectivity index (χ1n) is 12.4. The first kappa shape index (κ1) is 26.6. The average molecular weight is 520 g/mol. The molecule has 2 fully saturated rings. The Labute approximate surface area is 213 Å². The number of carbonyl (C=O) groups is 2. The van der Waals surface area contributed by atoms with E-state index in [1.54, 1.807) is 17.0 Å². The SMILES string of the molecule is C[C@@H]1CN(c2ncc(C(F)(F)F)cn2)C[C@@H](C)N1C(=O)NC1CCN(Cc2ccc(C(N)=O)cc2)CC1. The van der Waals surface area contributed by atoms with E-state index >= 15 is 0 Å². The molecule has 3 N–H and O–H groups in total. The number of alkyl halides is 3. The van der Waals surface area contributed by atoms with Gasteiger partial charge < -0.3 is 20.9 Å². The molecule has 2 aliphatic rings. The van der Waals surface area contributed by atoms with Gasteiger partial charge in [-0.3, -0.25) is 9.69 Å². The fourth-order valence-corrected chi connectivity index (χ4v) is 5.03. The Bertz CT molecular complexity index is 1070. The van der Waals surface area contributed by atoms with Crippen molar-refractivity contribution in [2.45, 2.75) is 57.5 Å². The van der Waals surface area contributed by atoms with Gasteiger partial charge in [-0.2, -0.15) is 13.2 Å². The van der Waals surface area contributed by atoms with Crippen LogP contribution in [0.5, 0.6) is 0 Å². The highest BCUT2D eigenvalue weighted by molar-refractivity contribution is 5.92. The Morgan fingerprint density at radius 3 is 2.11 bits per heavy atom. The second-order valence-corrected chi connectivity index (χ2v) is 9.84. The number of piperazine rings is 1. The second kappa shape index (κ2) is 10.9. The smallest absolute Gasteiger partial charge is 0.366 e. The largest absolute Gasteiger partial charge is 0.419 e. The molecule has 0 bridgehead atoms. The molecule has 9 nitrogen and oxygen atoms in total. The highest BCUT2D eigenvalue weighted by Crippen LogP contribution is 2.29. The molecule has 3 heterocycles. The van der Waals surface area contributed by atoms with Crippen LogP contribution in [0.2, 0.25) is 0 Å². The number of anilines is 1. The fourth-order valence-electron chi connectivity index (χ4n) is 5.03. The maximum absolute atomic E-state index is 13.1. The minimum Gasteiger partial charge on any atom is -0.366 e. The van der Waals surface area contributed by atoms with Crippen LogP contribution in [-0.2, 0) is 12.7 Å². The summed E-state index contributed by atoms with van der Waals surface area (Å²) >= 11 is 0. The van der Waals surface area contributed by atoms with Gasteiger partial charge in [0.1, 0.15) is 0 Å². The molecule has 12 heteroatoms. The van der Waals surface area contributed by atoms with Gasteiger partial charge in [-0.25, -0.2) is 14.8 Å². The maximum atomic E-state index is 13.1. The summed E-state index contributed by atoms with van der Waals surface area (Å²) in [6.07, 6.45) is -1.25. The van der Waals surface area contributed by atoms with Crippen molar-refractivity contribution in [2.75, 3.05) is 31.1 Å². The number of halogens is 3. The second-order valence-electron chi connectivity index (χ2n) is 9.84. The van der Waals surface area contributed by atoms with Crippen LogP contribution in [0.25, 0.3) is 0 Å². The minimum atomic E-state index is -4.48. The summed E-state index contributed by atoms with van der Waals surface area (Å²) < 4.78 is 38.4. The van der Waals surface area contributed by atoms with Gasteiger partial charge in [0.15, 0.2) is 0 Å². The average Bonchev–Trinajstić information content (AvgIpc) is 2.84.